The van der Waals surface area contributed by atoms with Gasteiger partial charge in [-0.05, 0) is 51.0 Å². The van der Waals surface area contributed by atoms with E-state index in [0.717, 1.165) is 43.2 Å². The van der Waals surface area contributed by atoms with E-state index in [-0.39, 0.29) is 29.3 Å². The van der Waals surface area contributed by atoms with Crippen LogP contribution >= 0.6 is 0 Å². The van der Waals surface area contributed by atoms with Crippen LogP contribution in [0.4, 0.5) is 0 Å². The van der Waals surface area contributed by atoms with Crippen molar-refractivity contribution < 1.29 is 9.59 Å². The quantitative estimate of drug-likeness (QED) is 0.802. The summed E-state index contributed by atoms with van der Waals surface area (Å²) in [5.41, 5.74) is 3.39. The average Bonchev–Trinajstić information content (AvgIpc) is 3.63. The molecule has 2 aromatic rings. The van der Waals surface area contributed by atoms with Crippen LogP contribution in [0.25, 0.3) is 0 Å². The molecule has 1 aromatic carbocycles. The number of carbonyl (C=O) groups is 2. The number of piperidine rings is 1. The van der Waals surface area contributed by atoms with Gasteiger partial charge < -0.3 is 14.8 Å². The highest BCUT2D eigenvalue weighted by Crippen LogP contribution is 2.33. The second-order valence-electron chi connectivity index (χ2n) is 9.43. The predicted molar refractivity (Wildman–Crippen MR) is 120 cm³/mol. The van der Waals surface area contributed by atoms with Crippen molar-refractivity contribution >= 4 is 11.8 Å². The number of fused-ring (bicyclic) bond motifs is 1. The van der Waals surface area contributed by atoms with Crippen LogP contribution in [-0.4, -0.2) is 44.7 Å². The van der Waals surface area contributed by atoms with Gasteiger partial charge >= 0.3 is 0 Å². The Labute approximate surface area is 187 Å². The summed E-state index contributed by atoms with van der Waals surface area (Å²) in [6, 6.07) is 7.79. The second kappa shape index (κ2) is 8.52. The lowest BCUT2D eigenvalue weighted by Crippen LogP contribution is -2.43. The lowest BCUT2D eigenvalue weighted by molar-refractivity contribution is -0.134. The Morgan fingerprint density at radius 2 is 2.00 bits per heavy atom. The number of likely N-dealkylation sites (tertiary alicyclic amines) is 1. The van der Waals surface area contributed by atoms with Gasteiger partial charge in [0.05, 0.1) is 24.7 Å². The molecule has 0 unspecified atom stereocenters. The number of amides is 2. The molecule has 0 spiro atoms. The normalized spacial score (nSPS) is 20.7. The van der Waals surface area contributed by atoms with E-state index in [0.29, 0.717) is 49.6 Å². The lowest BCUT2D eigenvalue weighted by atomic mass is 9.98. The van der Waals surface area contributed by atoms with Gasteiger partial charge in [0.25, 0.3) is 5.56 Å². The van der Waals surface area contributed by atoms with Crippen molar-refractivity contribution in [2.75, 3.05) is 13.1 Å². The number of aryl methyl sites for hydroxylation is 1. The van der Waals surface area contributed by atoms with Gasteiger partial charge in [-0.15, -0.1) is 0 Å². The highest BCUT2D eigenvalue weighted by Gasteiger charge is 2.36. The number of hydrogen-bond donors (Lipinski definition) is 1. The monoisotopic (exact) mass is 434 g/mol. The summed E-state index contributed by atoms with van der Waals surface area (Å²) >= 11 is 0. The van der Waals surface area contributed by atoms with Crippen molar-refractivity contribution in [3.8, 4) is 0 Å². The third-order valence-corrected chi connectivity index (χ3v) is 6.91. The van der Waals surface area contributed by atoms with E-state index in [2.05, 4.69) is 4.98 Å². The Hall–Kier alpha value is -2.96. The number of benzene rings is 1. The van der Waals surface area contributed by atoms with Gasteiger partial charge in [-0.1, -0.05) is 29.8 Å². The molecule has 2 aliphatic heterocycles. The molecule has 0 bridgehead atoms. The molecule has 7 nitrogen and oxygen atoms in total. The summed E-state index contributed by atoms with van der Waals surface area (Å²) in [5.74, 6) is 0.968. The van der Waals surface area contributed by atoms with Crippen LogP contribution in [0.15, 0.2) is 29.1 Å². The largest absolute Gasteiger partial charge is 0.336 e. The van der Waals surface area contributed by atoms with Crippen molar-refractivity contribution in [1.29, 1.82) is 0 Å². The van der Waals surface area contributed by atoms with E-state index in [1.807, 2.05) is 41.0 Å². The number of nitrogens with one attached hydrogen (secondary N) is 1. The minimum Gasteiger partial charge on any atom is -0.336 e. The topological polar surface area (TPSA) is 86.4 Å². The van der Waals surface area contributed by atoms with E-state index >= 15 is 0 Å². The molecular formula is C25H30N4O3. The first-order valence-electron chi connectivity index (χ1n) is 11.8. The van der Waals surface area contributed by atoms with Gasteiger partial charge in [0.15, 0.2) is 0 Å². The maximum Gasteiger partial charge on any atom is 0.254 e. The van der Waals surface area contributed by atoms with Crippen LogP contribution < -0.4 is 5.56 Å². The molecule has 1 atom stereocenters. The summed E-state index contributed by atoms with van der Waals surface area (Å²) in [6.07, 6.45) is 5.55. The van der Waals surface area contributed by atoms with Crippen molar-refractivity contribution in [3.63, 3.8) is 0 Å². The van der Waals surface area contributed by atoms with Crippen molar-refractivity contribution in [2.24, 2.45) is 5.92 Å². The Morgan fingerprint density at radius 3 is 2.78 bits per heavy atom. The van der Waals surface area contributed by atoms with E-state index < -0.39 is 0 Å². The van der Waals surface area contributed by atoms with Gasteiger partial charge in [0.2, 0.25) is 11.8 Å². The molecular weight excluding hydrogens is 404 g/mol. The van der Waals surface area contributed by atoms with Crippen molar-refractivity contribution in [2.45, 2.75) is 64.5 Å². The van der Waals surface area contributed by atoms with Gasteiger partial charge in [0.1, 0.15) is 5.82 Å². The Morgan fingerprint density at radius 1 is 1.16 bits per heavy atom. The predicted octanol–water partition coefficient (Wildman–Crippen LogP) is 2.67. The summed E-state index contributed by atoms with van der Waals surface area (Å²) in [7, 11) is 0. The zero-order valence-electron chi connectivity index (χ0n) is 18.6. The molecule has 32 heavy (non-hydrogen) atoms. The van der Waals surface area contributed by atoms with E-state index in [1.54, 1.807) is 0 Å². The van der Waals surface area contributed by atoms with Crippen LogP contribution in [0.2, 0.25) is 0 Å². The minimum absolute atomic E-state index is 0.0613. The lowest BCUT2D eigenvalue weighted by Gasteiger charge is -2.36. The second-order valence-corrected chi connectivity index (χ2v) is 9.43. The van der Waals surface area contributed by atoms with Crippen molar-refractivity contribution in [1.82, 2.24) is 19.8 Å². The Kier molecular flexibility index (Phi) is 5.57. The fraction of sp³-hybridized carbons (Fsp3) is 0.520. The molecule has 3 heterocycles. The van der Waals surface area contributed by atoms with Crippen LogP contribution in [0.1, 0.15) is 66.4 Å². The molecule has 0 radical (unpaired) electrons. The molecule has 2 fully saturated rings. The standard InChI is InChI=1S/C25H30N4O3/c1-16-5-4-6-17(13-16)14-22(30)29-11-3-2-7-21(29)23-26-20-15-28(25(32)18-8-9-18)12-10-19(20)24(31)27-23/h4-6,13,18,21H,2-3,7-12,14-15H2,1H3,(H,26,27,31)/t21-/m0/s1. The molecule has 7 heteroatoms. The number of aromatic amines is 1. The number of aromatic nitrogens is 2. The van der Waals surface area contributed by atoms with Gasteiger partial charge in [-0.2, -0.15) is 0 Å². The number of rotatable bonds is 4. The van der Waals surface area contributed by atoms with Crippen LogP contribution in [0.5, 0.6) is 0 Å². The highest BCUT2D eigenvalue weighted by molar-refractivity contribution is 5.81. The molecule has 1 saturated carbocycles. The van der Waals surface area contributed by atoms with Gasteiger partial charge in [-0.25, -0.2) is 4.98 Å². The van der Waals surface area contributed by atoms with Crippen LogP contribution in [0.3, 0.4) is 0 Å². The maximum absolute atomic E-state index is 13.2. The Balaban J connectivity index is 1.39. The van der Waals surface area contributed by atoms with Crippen LogP contribution in [0, 0.1) is 12.8 Å². The molecule has 1 aliphatic carbocycles. The first-order valence-corrected chi connectivity index (χ1v) is 11.8. The van der Waals surface area contributed by atoms with E-state index in [9.17, 15) is 14.4 Å². The summed E-state index contributed by atoms with van der Waals surface area (Å²) in [4.78, 5) is 50.1. The first-order chi connectivity index (χ1) is 15.5. The molecule has 5 rings (SSSR count). The fourth-order valence-electron chi connectivity index (χ4n) is 5.01. The summed E-state index contributed by atoms with van der Waals surface area (Å²) in [6.45, 7) is 3.67. The number of nitrogens with zero attached hydrogens (tertiary/aromatic N) is 3. The highest BCUT2D eigenvalue weighted by atomic mass is 16.2. The number of hydrogen-bond acceptors (Lipinski definition) is 4. The zero-order valence-corrected chi connectivity index (χ0v) is 18.6. The molecule has 2 amide bonds. The van der Waals surface area contributed by atoms with E-state index in [4.69, 9.17) is 4.98 Å². The summed E-state index contributed by atoms with van der Waals surface area (Å²) < 4.78 is 0. The fourth-order valence-corrected chi connectivity index (χ4v) is 5.01. The molecule has 1 N–H and O–H groups in total. The smallest absolute Gasteiger partial charge is 0.254 e. The minimum atomic E-state index is -0.228. The Bertz CT molecular complexity index is 1100. The molecule has 1 aromatic heterocycles. The van der Waals surface area contributed by atoms with Gasteiger partial charge in [-0.3, -0.25) is 14.4 Å². The molecule has 168 valence electrons. The van der Waals surface area contributed by atoms with Crippen LogP contribution in [-0.2, 0) is 29.0 Å². The zero-order chi connectivity index (χ0) is 22.2. The third kappa shape index (κ3) is 4.20. The average molecular weight is 435 g/mol. The number of carbonyl (C=O) groups excluding carboxylic acids is 2. The summed E-state index contributed by atoms with van der Waals surface area (Å²) in [5, 5.41) is 0. The molecule has 3 aliphatic rings. The maximum atomic E-state index is 13.2. The van der Waals surface area contributed by atoms with Crippen molar-refractivity contribution in [3.05, 3.63) is 62.8 Å². The van der Waals surface area contributed by atoms with E-state index in [1.165, 1.54) is 0 Å². The third-order valence-electron chi connectivity index (χ3n) is 6.91. The van der Waals surface area contributed by atoms with Gasteiger partial charge in [0, 0.05) is 24.6 Å². The first kappa shape index (κ1) is 20.9. The number of H-pyrrole nitrogens is 1. The molecule has 1 saturated heterocycles. The SMILES string of the molecule is Cc1cccc(CC(=O)N2CCCC[C@H]2c2nc3c(c(=O)[nH]2)CCN(C(=O)C2CC2)C3)c1.